The number of thiophene rings is 1. The van der Waals surface area contributed by atoms with Crippen LogP contribution in [0.2, 0.25) is 0 Å². The van der Waals surface area contributed by atoms with Gasteiger partial charge in [0.2, 0.25) is 5.91 Å². The van der Waals surface area contributed by atoms with Crippen LogP contribution < -0.4 is 10.6 Å². The predicted molar refractivity (Wildman–Crippen MR) is 78.7 cm³/mol. The van der Waals surface area contributed by atoms with Crippen molar-refractivity contribution >= 4 is 22.9 Å². The number of nitrogens with one attached hydrogen (secondary N) is 2. The summed E-state index contributed by atoms with van der Waals surface area (Å²) in [6, 6.07) is 10.1. The van der Waals surface area contributed by atoms with Gasteiger partial charge in [-0.1, -0.05) is 18.2 Å². The van der Waals surface area contributed by atoms with E-state index >= 15 is 0 Å². The summed E-state index contributed by atoms with van der Waals surface area (Å²) >= 11 is 1.69. The molecule has 0 radical (unpaired) electrons. The molecule has 0 saturated carbocycles. The average molecular weight is 272 g/mol. The van der Waals surface area contributed by atoms with E-state index in [1.165, 1.54) is 5.56 Å². The number of hydrogen-bond donors (Lipinski definition) is 2. The molecular weight excluding hydrogens is 256 g/mol. The van der Waals surface area contributed by atoms with Crippen molar-refractivity contribution in [1.29, 1.82) is 0 Å². The SMILES string of the molecule is O=C(NCCc1ccsc1)C1CNc2ccccc21. The average Bonchev–Trinajstić information content (AvgIpc) is 3.07. The van der Waals surface area contributed by atoms with Crippen LogP contribution in [0.3, 0.4) is 0 Å². The zero-order chi connectivity index (χ0) is 13.1. The third kappa shape index (κ3) is 2.63. The minimum atomic E-state index is -0.0568. The molecule has 1 aromatic carbocycles. The normalized spacial score (nSPS) is 16.7. The molecule has 0 saturated heterocycles. The Balaban J connectivity index is 1.57. The lowest BCUT2D eigenvalue weighted by molar-refractivity contribution is -0.122. The molecule has 0 bridgehead atoms. The maximum Gasteiger partial charge on any atom is 0.229 e. The van der Waals surface area contributed by atoms with E-state index in [0.717, 1.165) is 17.7 Å². The molecule has 3 rings (SSSR count). The standard InChI is InChI=1S/C15H16N2OS/c18-15(16-7-5-11-6-8-19-10-11)13-9-17-14-4-2-1-3-12(13)14/h1-4,6,8,10,13,17H,5,7,9H2,(H,16,18). The molecule has 19 heavy (non-hydrogen) atoms. The third-order valence-electron chi connectivity index (χ3n) is 3.44. The number of rotatable bonds is 4. The minimum absolute atomic E-state index is 0.0568. The van der Waals surface area contributed by atoms with Gasteiger partial charge in [0.05, 0.1) is 5.92 Å². The maximum atomic E-state index is 12.2. The monoisotopic (exact) mass is 272 g/mol. The highest BCUT2D eigenvalue weighted by Gasteiger charge is 2.27. The van der Waals surface area contributed by atoms with E-state index in [4.69, 9.17) is 0 Å². The van der Waals surface area contributed by atoms with Gasteiger partial charge in [0.15, 0.2) is 0 Å². The molecule has 1 atom stereocenters. The Morgan fingerprint density at radius 2 is 2.26 bits per heavy atom. The Kier molecular flexibility index (Phi) is 3.51. The molecule has 2 N–H and O–H groups in total. The molecule has 2 heterocycles. The van der Waals surface area contributed by atoms with Crippen LogP contribution in [0.1, 0.15) is 17.0 Å². The van der Waals surface area contributed by atoms with Crippen molar-refractivity contribution in [2.24, 2.45) is 0 Å². The second-order valence-electron chi connectivity index (χ2n) is 4.69. The van der Waals surface area contributed by atoms with Gasteiger partial charge >= 0.3 is 0 Å². The molecule has 2 aromatic rings. The number of carbonyl (C=O) groups is 1. The van der Waals surface area contributed by atoms with Gasteiger partial charge in [0.25, 0.3) is 0 Å². The first-order valence-electron chi connectivity index (χ1n) is 6.46. The predicted octanol–water partition coefficient (Wildman–Crippen LogP) is 2.62. The van der Waals surface area contributed by atoms with E-state index in [1.54, 1.807) is 11.3 Å². The van der Waals surface area contributed by atoms with Crippen molar-refractivity contribution in [3.05, 3.63) is 52.2 Å². The van der Waals surface area contributed by atoms with Gasteiger partial charge < -0.3 is 10.6 Å². The highest BCUT2D eigenvalue weighted by atomic mass is 32.1. The van der Waals surface area contributed by atoms with Crippen LogP contribution in [0, 0.1) is 0 Å². The quantitative estimate of drug-likeness (QED) is 0.898. The van der Waals surface area contributed by atoms with E-state index in [9.17, 15) is 4.79 Å². The molecule has 0 spiro atoms. The summed E-state index contributed by atoms with van der Waals surface area (Å²) in [5, 5.41) is 10.5. The van der Waals surface area contributed by atoms with Gasteiger partial charge in [-0.3, -0.25) is 4.79 Å². The van der Waals surface area contributed by atoms with Crippen LogP contribution in [0.15, 0.2) is 41.1 Å². The van der Waals surface area contributed by atoms with Crippen LogP contribution in [0.25, 0.3) is 0 Å². The number of para-hydroxylation sites is 1. The summed E-state index contributed by atoms with van der Waals surface area (Å²) in [5.74, 6) is 0.0614. The van der Waals surface area contributed by atoms with E-state index in [1.807, 2.05) is 24.3 Å². The molecule has 1 aliphatic heterocycles. The lowest BCUT2D eigenvalue weighted by Crippen LogP contribution is -2.31. The molecule has 1 aromatic heterocycles. The Morgan fingerprint density at radius 1 is 1.37 bits per heavy atom. The first-order chi connectivity index (χ1) is 9.34. The number of benzene rings is 1. The zero-order valence-corrected chi connectivity index (χ0v) is 11.4. The first-order valence-corrected chi connectivity index (χ1v) is 7.40. The Morgan fingerprint density at radius 3 is 3.11 bits per heavy atom. The number of anilines is 1. The molecule has 1 aliphatic rings. The van der Waals surface area contributed by atoms with Crippen LogP contribution in [0.4, 0.5) is 5.69 Å². The highest BCUT2D eigenvalue weighted by molar-refractivity contribution is 7.07. The summed E-state index contributed by atoms with van der Waals surface area (Å²) in [4.78, 5) is 12.2. The number of amides is 1. The number of carbonyl (C=O) groups excluding carboxylic acids is 1. The van der Waals surface area contributed by atoms with Crippen molar-refractivity contribution in [2.75, 3.05) is 18.4 Å². The highest BCUT2D eigenvalue weighted by Crippen LogP contribution is 2.30. The van der Waals surface area contributed by atoms with Crippen LogP contribution >= 0.6 is 11.3 Å². The number of hydrogen-bond acceptors (Lipinski definition) is 3. The largest absolute Gasteiger partial charge is 0.384 e. The summed E-state index contributed by atoms with van der Waals surface area (Å²) in [6.07, 6.45) is 0.900. The Hall–Kier alpha value is -1.81. The lowest BCUT2D eigenvalue weighted by Gasteiger charge is -2.10. The van der Waals surface area contributed by atoms with Gasteiger partial charge in [0.1, 0.15) is 0 Å². The van der Waals surface area contributed by atoms with E-state index in [0.29, 0.717) is 13.1 Å². The molecular formula is C15H16N2OS. The molecule has 1 unspecified atom stereocenters. The zero-order valence-electron chi connectivity index (χ0n) is 10.6. The fourth-order valence-electron chi connectivity index (χ4n) is 2.41. The van der Waals surface area contributed by atoms with Crippen LogP contribution in [-0.2, 0) is 11.2 Å². The molecule has 1 amide bonds. The third-order valence-corrected chi connectivity index (χ3v) is 4.17. The van der Waals surface area contributed by atoms with Gasteiger partial charge in [-0.15, -0.1) is 0 Å². The van der Waals surface area contributed by atoms with Crippen molar-refractivity contribution in [3.63, 3.8) is 0 Å². The summed E-state index contributed by atoms with van der Waals surface area (Å²) < 4.78 is 0. The van der Waals surface area contributed by atoms with Gasteiger partial charge in [-0.05, 0) is 40.4 Å². The molecule has 4 heteroatoms. The summed E-state index contributed by atoms with van der Waals surface area (Å²) in [6.45, 7) is 1.40. The topological polar surface area (TPSA) is 41.1 Å². The second-order valence-corrected chi connectivity index (χ2v) is 5.47. The maximum absolute atomic E-state index is 12.2. The fourth-order valence-corrected chi connectivity index (χ4v) is 3.11. The van der Waals surface area contributed by atoms with Gasteiger partial charge in [-0.25, -0.2) is 0 Å². The molecule has 0 fully saturated rings. The van der Waals surface area contributed by atoms with Gasteiger partial charge in [0, 0.05) is 18.8 Å². The Labute approximate surface area is 116 Å². The first kappa shape index (κ1) is 12.2. The van der Waals surface area contributed by atoms with Crippen molar-refractivity contribution in [3.8, 4) is 0 Å². The lowest BCUT2D eigenvalue weighted by atomic mass is 10.0. The van der Waals surface area contributed by atoms with E-state index in [2.05, 4.69) is 27.5 Å². The van der Waals surface area contributed by atoms with Crippen molar-refractivity contribution < 1.29 is 4.79 Å². The molecule has 3 nitrogen and oxygen atoms in total. The van der Waals surface area contributed by atoms with E-state index in [-0.39, 0.29) is 11.8 Å². The molecule has 0 aliphatic carbocycles. The number of fused-ring (bicyclic) bond motifs is 1. The second kappa shape index (κ2) is 5.45. The minimum Gasteiger partial charge on any atom is -0.384 e. The van der Waals surface area contributed by atoms with E-state index < -0.39 is 0 Å². The van der Waals surface area contributed by atoms with Crippen molar-refractivity contribution in [2.45, 2.75) is 12.3 Å². The fraction of sp³-hybridized carbons (Fsp3) is 0.267. The van der Waals surface area contributed by atoms with Crippen molar-refractivity contribution in [1.82, 2.24) is 5.32 Å². The van der Waals surface area contributed by atoms with Crippen LogP contribution in [0.5, 0.6) is 0 Å². The molecule has 98 valence electrons. The Bertz CT molecular complexity index is 565. The smallest absolute Gasteiger partial charge is 0.229 e. The van der Waals surface area contributed by atoms with Gasteiger partial charge in [-0.2, -0.15) is 11.3 Å². The summed E-state index contributed by atoms with van der Waals surface area (Å²) in [5.41, 5.74) is 3.48. The van der Waals surface area contributed by atoms with Crippen LogP contribution in [-0.4, -0.2) is 19.0 Å². The summed E-state index contributed by atoms with van der Waals surface area (Å²) in [7, 11) is 0.